The fraction of sp³-hybridized carbons (Fsp3) is 0.571. The zero-order chi connectivity index (χ0) is 15.2. The standard InChI is InChI=1S/C14H20N2O4S/c1-19-14(18)12-5-4-10(20-12)9-21-11-3-2-6-16(8-11)13(17)7-15/h4-5,11H,2-3,6-9,15H2,1H3. The van der Waals surface area contributed by atoms with Crippen molar-refractivity contribution >= 4 is 23.6 Å². The maximum Gasteiger partial charge on any atom is 0.373 e. The fourth-order valence-corrected chi connectivity index (χ4v) is 3.47. The van der Waals surface area contributed by atoms with Crippen LogP contribution >= 0.6 is 11.8 Å². The molecule has 1 aliphatic heterocycles. The van der Waals surface area contributed by atoms with E-state index in [0.29, 0.717) is 11.0 Å². The Kier molecular flexibility index (Phi) is 5.69. The van der Waals surface area contributed by atoms with Crippen molar-refractivity contribution in [2.45, 2.75) is 23.8 Å². The molecular weight excluding hydrogens is 292 g/mol. The van der Waals surface area contributed by atoms with Crippen molar-refractivity contribution in [2.24, 2.45) is 5.73 Å². The SMILES string of the molecule is COC(=O)c1ccc(CSC2CCCN(C(=O)CN)C2)o1. The van der Waals surface area contributed by atoms with Crippen molar-refractivity contribution in [3.05, 3.63) is 23.7 Å². The van der Waals surface area contributed by atoms with Crippen LogP contribution in [0.1, 0.15) is 29.2 Å². The summed E-state index contributed by atoms with van der Waals surface area (Å²) in [6, 6.07) is 3.40. The number of likely N-dealkylation sites (tertiary alicyclic amines) is 1. The van der Waals surface area contributed by atoms with Crippen LogP contribution in [0.5, 0.6) is 0 Å². The maximum absolute atomic E-state index is 11.6. The van der Waals surface area contributed by atoms with Gasteiger partial charge >= 0.3 is 5.97 Å². The Morgan fingerprint density at radius 3 is 3.05 bits per heavy atom. The smallest absolute Gasteiger partial charge is 0.373 e. The molecule has 1 atom stereocenters. The minimum Gasteiger partial charge on any atom is -0.463 e. The average molecular weight is 312 g/mol. The number of rotatable bonds is 5. The summed E-state index contributed by atoms with van der Waals surface area (Å²) < 4.78 is 10.0. The molecule has 1 amide bonds. The molecule has 7 heteroatoms. The molecule has 21 heavy (non-hydrogen) atoms. The fourth-order valence-electron chi connectivity index (χ4n) is 2.30. The number of amides is 1. The van der Waals surface area contributed by atoms with Crippen LogP contribution in [-0.2, 0) is 15.3 Å². The van der Waals surface area contributed by atoms with E-state index in [1.54, 1.807) is 23.9 Å². The number of hydrogen-bond donors (Lipinski definition) is 1. The summed E-state index contributed by atoms with van der Waals surface area (Å²) >= 11 is 1.73. The molecule has 6 nitrogen and oxygen atoms in total. The lowest BCUT2D eigenvalue weighted by molar-refractivity contribution is -0.130. The van der Waals surface area contributed by atoms with Gasteiger partial charge in [-0.25, -0.2) is 4.79 Å². The van der Waals surface area contributed by atoms with Crippen LogP contribution in [0.3, 0.4) is 0 Å². The zero-order valence-corrected chi connectivity index (χ0v) is 12.9. The Hall–Kier alpha value is -1.47. The summed E-state index contributed by atoms with van der Waals surface area (Å²) in [5.41, 5.74) is 5.40. The molecule has 1 fully saturated rings. The third kappa shape index (κ3) is 4.25. The third-order valence-corrected chi connectivity index (χ3v) is 4.72. The van der Waals surface area contributed by atoms with Gasteiger partial charge in [0.15, 0.2) is 0 Å². The molecule has 2 rings (SSSR count). The molecule has 0 saturated carbocycles. The monoisotopic (exact) mass is 312 g/mol. The molecule has 116 valence electrons. The lowest BCUT2D eigenvalue weighted by Gasteiger charge is -2.32. The highest BCUT2D eigenvalue weighted by molar-refractivity contribution is 7.99. The Morgan fingerprint density at radius 1 is 1.52 bits per heavy atom. The number of nitrogens with two attached hydrogens (primary N) is 1. The Morgan fingerprint density at radius 2 is 2.33 bits per heavy atom. The summed E-state index contributed by atoms with van der Waals surface area (Å²) in [4.78, 5) is 24.7. The molecule has 0 bridgehead atoms. The van der Waals surface area contributed by atoms with E-state index in [0.717, 1.165) is 31.7 Å². The van der Waals surface area contributed by atoms with Crippen molar-refractivity contribution in [1.29, 1.82) is 0 Å². The van der Waals surface area contributed by atoms with E-state index >= 15 is 0 Å². The highest BCUT2D eigenvalue weighted by Gasteiger charge is 2.23. The van der Waals surface area contributed by atoms with Gasteiger partial charge in [-0.3, -0.25) is 4.79 Å². The average Bonchev–Trinajstić information content (AvgIpc) is 3.00. The number of carbonyl (C=O) groups excluding carboxylic acids is 2. The van der Waals surface area contributed by atoms with Crippen LogP contribution in [0.15, 0.2) is 16.5 Å². The van der Waals surface area contributed by atoms with Crippen LogP contribution in [0.4, 0.5) is 0 Å². The first-order chi connectivity index (χ1) is 10.1. The van der Waals surface area contributed by atoms with E-state index < -0.39 is 5.97 Å². The molecule has 0 radical (unpaired) electrons. The van der Waals surface area contributed by atoms with Gasteiger partial charge in [-0.1, -0.05) is 0 Å². The van der Waals surface area contributed by atoms with Gasteiger partial charge in [0.1, 0.15) is 5.76 Å². The van der Waals surface area contributed by atoms with E-state index in [9.17, 15) is 9.59 Å². The number of nitrogens with zero attached hydrogens (tertiary/aromatic N) is 1. The summed E-state index contributed by atoms with van der Waals surface area (Å²) in [6.45, 7) is 1.59. The lowest BCUT2D eigenvalue weighted by atomic mass is 10.1. The second-order valence-electron chi connectivity index (χ2n) is 4.88. The maximum atomic E-state index is 11.6. The quantitative estimate of drug-likeness (QED) is 0.824. The topological polar surface area (TPSA) is 85.8 Å². The van der Waals surface area contributed by atoms with E-state index in [1.165, 1.54) is 7.11 Å². The van der Waals surface area contributed by atoms with Crippen LogP contribution in [0.2, 0.25) is 0 Å². The normalized spacial score (nSPS) is 18.6. The molecule has 2 N–H and O–H groups in total. The Bertz CT molecular complexity index is 503. The first-order valence-electron chi connectivity index (χ1n) is 6.90. The summed E-state index contributed by atoms with van der Waals surface area (Å²) in [5.74, 6) is 1.17. The third-order valence-electron chi connectivity index (χ3n) is 3.42. The molecule has 1 aromatic heterocycles. The van der Waals surface area contributed by atoms with E-state index in [4.69, 9.17) is 10.2 Å². The summed E-state index contributed by atoms with van der Waals surface area (Å²) in [6.07, 6.45) is 2.07. The minimum absolute atomic E-state index is 0.00581. The largest absolute Gasteiger partial charge is 0.463 e. The van der Waals surface area contributed by atoms with E-state index in [-0.39, 0.29) is 18.2 Å². The van der Waals surface area contributed by atoms with Gasteiger partial charge in [-0.2, -0.15) is 0 Å². The van der Waals surface area contributed by atoms with Gasteiger partial charge in [-0.05, 0) is 25.0 Å². The molecule has 2 heterocycles. The second kappa shape index (κ2) is 7.51. The number of ether oxygens (including phenoxy) is 1. The van der Waals surface area contributed by atoms with Crippen LogP contribution in [-0.4, -0.2) is 48.8 Å². The van der Waals surface area contributed by atoms with Crippen molar-refractivity contribution in [2.75, 3.05) is 26.7 Å². The number of methoxy groups -OCH3 is 1. The molecule has 1 unspecified atom stereocenters. The number of piperidine rings is 1. The van der Waals surface area contributed by atoms with Gasteiger partial charge in [0.25, 0.3) is 0 Å². The molecule has 1 aromatic rings. The summed E-state index contributed by atoms with van der Waals surface area (Å²) in [7, 11) is 1.32. The van der Waals surface area contributed by atoms with Gasteiger partial charge < -0.3 is 19.8 Å². The van der Waals surface area contributed by atoms with Crippen LogP contribution in [0.25, 0.3) is 0 Å². The van der Waals surface area contributed by atoms with Crippen molar-refractivity contribution < 1.29 is 18.7 Å². The number of thioether (sulfide) groups is 1. The first-order valence-corrected chi connectivity index (χ1v) is 7.95. The van der Waals surface area contributed by atoms with Crippen molar-refractivity contribution in [3.63, 3.8) is 0 Å². The van der Waals surface area contributed by atoms with Gasteiger partial charge in [0, 0.05) is 18.3 Å². The molecular formula is C14H20N2O4S. The van der Waals surface area contributed by atoms with Gasteiger partial charge in [-0.15, -0.1) is 11.8 Å². The zero-order valence-electron chi connectivity index (χ0n) is 12.0. The Balaban J connectivity index is 1.83. The van der Waals surface area contributed by atoms with Crippen molar-refractivity contribution in [3.8, 4) is 0 Å². The molecule has 0 aromatic carbocycles. The first kappa shape index (κ1) is 15.9. The molecule has 1 saturated heterocycles. The number of furan rings is 1. The molecule has 0 spiro atoms. The van der Waals surface area contributed by atoms with Crippen LogP contribution < -0.4 is 5.73 Å². The van der Waals surface area contributed by atoms with Crippen molar-refractivity contribution in [1.82, 2.24) is 4.90 Å². The predicted octanol–water partition coefficient (Wildman–Crippen LogP) is 1.25. The van der Waals surface area contributed by atoms with Crippen LogP contribution in [0, 0.1) is 0 Å². The highest BCUT2D eigenvalue weighted by Crippen LogP contribution is 2.26. The van der Waals surface area contributed by atoms with Gasteiger partial charge in [0.05, 0.1) is 19.4 Å². The lowest BCUT2D eigenvalue weighted by Crippen LogP contribution is -2.43. The second-order valence-corrected chi connectivity index (χ2v) is 6.17. The number of carbonyl (C=O) groups is 2. The predicted molar refractivity (Wildman–Crippen MR) is 80.0 cm³/mol. The van der Waals surface area contributed by atoms with E-state index in [1.807, 2.05) is 4.90 Å². The minimum atomic E-state index is -0.469. The number of esters is 1. The summed E-state index contributed by atoms with van der Waals surface area (Å²) in [5, 5.41) is 0.376. The number of hydrogen-bond acceptors (Lipinski definition) is 6. The van der Waals surface area contributed by atoms with Gasteiger partial charge in [0.2, 0.25) is 11.7 Å². The van der Waals surface area contributed by atoms with E-state index in [2.05, 4.69) is 4.74 Å². The Labute approximate surface area is 128 Å². The highest BCUT2D eigenvalue weighted by atomic mass is 32.2. The molecule has 0 aliphatic carbocycles. The molecule has 1 aliphatic rings.